The lowest BCUT2D eigenvalue weighted by molar-refractivity contribution is 0.306. The average molecular weight is 466 g/mol. The molecule has 164 valence electrons. The second-order valence-electron chi connectivity index (χ2n) is 8.39. The van der Waals surface area contributed by atoms with Gasteiger partial charge in [-0.2, -0.15) is 5.26 Å². The topological polar surface area (TPSA) is 67.2 Å². The van der Waals surface area contributed by atoms with Crippen molar-refractivity contribution in [2.75, 3.05) is 0 Å². The van der Waals surface area contributed by atoms with Crippen molar-refractivity contribution in [1.29, 1.82) is 5.26 Å². The van der Waals surface area contributed by atoms with Gasteiger partial charge in [0.2, 0.25) is 9.84 Å². The summed E-state index contributed by atoms with van der Waals surface area (Å²) in [5.74, 6) is 0.583. The molecule has 0 fully saturated rings. The van der Waals surface area contributed by atoms with Crippen LogP contribution < -0.4 is 4.74 Å². The zero-order chi connectivity index (χ0) is 23.4. The number of hydrogen-bond donors (Lipinski definition) is 0. The van der Waals surface area contributed by atoms with Crippen molar-refractivity contribution in [3.63, 3.8) is 0 Å². The number of hydrogen-bond acceptors (Lipinski definition) is 4. The first kappa shape index (κ1) is 23.6. The molecule has 0 aliphatic rings. The average Bonchev–Trinajstić information content (AvgIpc) is 2.76. The second kappa shape index (κ2) is 9.60. The third-order valence-electron chi connectivity index (χ3n) is 4.90. The highest BCUT2D eigenvalue weighted by molar-refractivity contribution is 7.95. The summed E-state index contributed by atoms with van der Waals surface area (Å²) in [6, 6.07) is 22.8. The van der Waals surface area contributed by atoms with Crippen LogP contribution in [0.25, 0.3) is 6.08 Å². The molecule has 3 rings (SSSR count). The minimum absolute atomic E-state index is 0.0146. The Kier molecular flexibility index (Phi) is 7.08. The fraction of sp³-hybridized carbons (Fsp3) is 0.192. The van der Waals surface area contributed by atoms with E-state index in [2.05, 4.69) is 32.9 Å². The van der Waals surface area contributed by atoms with E-state index in [1.54, 1.807) is 30.3 Å². The maximum absolute atomic E-state index is 12.8. The van der Waals surface area contributed by atoms with E-state index in [4.69, 9.17) is 16.3 Å². The van der Waals surface area contributed by atoms with E-state index in [0.29, 0.717) is 22.9 Å². The van der Waals surface area contributed by atoms with Gasteiger partial charge in [0.1, 0.15) is 23.3 Å². The van der Waals surface area contributed by atoms with Crippen LogP contribution in [0.3, 0.4) is 0 Å². The molecule has 3 aromatic carbocycles. The molecule has 3 aromatic rings. The van der Waals surface area contributed by atoms with Gasteiger partial charge in [0.15, 0.2) is 0 Å². The van der Waals surface area contributed by atoms with Gasteiger partial charge >= 0.3 is 0 Å². The standard InChI is InChI=1S/C26H24ClNO3S/c1-26(2,3)21-9-7-19(8-10-21)18-31-23-6-4-5-20(15-23)16-25(17-28)32(29,30)24-13-11-22(27)12-14-24/h4-16H,18H2,1-3H3. The van der Waals surface area contributed by atoms with Gasteiger partial charge in [0, 0.05) is 5.02 Å². The van der Waals surface area contributed by atoms with Gasteiger partial charge in [-0.05, 0) is 64.6 Å². The second-order valence-corrected chi connectivity index (χ2v) is 10.7. The zero-order valence-electron chi connectivity index (χ0n) is 18.2. The quantitative estimate of drug-likeness (QED) is 0.387. The smallest absolute Gasteiger partial charge is 0.216 e. The number of nitrogens with zero attached hydrogens (tertiary/aromatic N) is 1. The Labute approximate surface area is 194 Å². The fourth-order valence-corrected chi connectivity index (χ4v) is 4.31. The predicted molar refractivity (Wildman–Crippen MR) is 128 cm³/mol. The highest BCUT2D eigenvalue weighted by Gasteiger charge is 2.20. The lowest BCUT2D eigenvalue weighted by Gasteiger charge is -2.19. The first-order valence-corrected chi connectivity index (χ1v) is 11.9. The first-order valence-electron chi connectivity index (χ1n) is 10.0. The molecule has 0 amide bonds. The molecule has 0 bridgehead atoms. The van der Waals surface area contributed by atoms with Gasteiger partial charge < -0.3 is 4.74 Å². The molecule has 0 unspecified atom stereocenters. The largest absolute Gasteiger partial charge is 0.489 e. The Morgan fingerprint density at radius 1 is 1.03 bits per heavy atom. The molecular weight excluding hydrogens is 442 g/mol. The summed E-state index contributed by atoms with van der Waals surface area (Å²) in [5.41, 5.74) is 2.92. The molecule has 0 N–H and O–H groups in total. The third-order valence-corrected chi connectivity index (χ3v) is 6.84. The molecule has 0 saturated heterocycles. The summed E-state index contributed by atoms with van der Waals surface area (Å²) < 4.78 is 31.5. The molecule has 6 heteroatoms. The molecule has 0 aliphatic carbocycles. The van der Waals surface area contributed by atoms with E-state index < -0.39 is 9.84 Å². The van der Waals surface area contributed by atoms with Crippen LogP contribution in [0.15, 0.2) is 82.6 Å². The molecule has 4 nitrogen and oxygen atoms in total. The summed E-state index contributed by atoms with van der Waals surface area (Å²) >= 11 is 5.84. The summed E-state index contributed by atoms with van der Waals surface area (Å²) in [6.07, 6.45) is 1.34. The Balaban J connectivity index is 1.78. The summed E-state index contributed by atoms with van der Waals surface area (Å²) in [4.78, 5) is -0.337. The summed E-state index contributed by atoms with van der Waals surface area (Å²) in [7, 11) is -3.95. The van der Waals surface area contributed by atoms with Crippen LogP contribution in [0.1, 0.15) is 37.5 Å². The van der Waals surface area contributed by atoms with Gasteiger partial charge in [-0.3, -0.25) is 0 Å². The lowest BCUT2D eigenvalue weighted by Crippen LogP contribution is -2.10. The van der Waals surface area contributed by atoms with Crippen molar-refractivity contribution in [1.82, 2.24) is 0 Å². The van der Waals surface area contributed by atoms with Crippen LogP contribution >= 0.6 is 11.6 Å². The molecular formula is C26H24ClNO3S. The normalized spacial score (nSPS) is 12.3. The SMILES string of the molecule is CC(C)(C)c1ccc(COc2cccc(C=C(C#N)S(=O)(=O)c3ccc(Cl)cc3)c2)cc1. The van der Waals surface area contributed by atoms with Crippen LogP contribution in [0.5, 0.6) is 5.75 Å². The van der Waals surface area contributed by atoms with Crippen molar-refractivity contribution in [3.05, 3.63) is 99.4 Å². The van der Waals surface area contributed by atoms with Crippen LogP contribution in [-0.4, -0.2) is 8.42 Å². The predicted octanol–water partition coefficient (Wildman–Crippen LogP) is 6.55. The van der Waals surface area contributed by atoms with Gasteiger partial charge in [-0.1, -0.05) is 68.8 Å². The minimum Gasteiger partial charge on any atom is -0.489 e. The van der Waals surface area contributed by atoms with Crippen molar-refractivity contribution in [3.8, 4) is 11.8 Å². The summed E-state index contributed by atoms with van der Waals surface area (Å²) in [6.45, 7) is 6.88. The van der Waals surface area contributed by atoms with Gasteiger partial charge in [0.05, 0.1) is 4.90 Å². The van der Waals surface area contributed by atoms with E-state index in [1.165, 1.54) is 35.9 Å². The van der Waals surface area contributed by atoms with E-state index in [1.807, 2.05) is 12.1 Å². The van der Waals surface area contributed by atoms with E-state index in [-0.39, 0.29) is 15.2 Å². The van der Waals surface area contributed by atoms with E-state index in [9.17, 15) is 13.7 Å². The Hall–Kier alpha value is -3.07. The van der Waals surface area contributed by atoms with Crippen molar-refractivity contribution < 1.29 is 13.2 Å². The molecule has 0 heterocycles. The minimum atomic E-state index is -3.95. The van der Waals surface area contributed by atoms with Crippen LogP contribution in [0.4, 0.5) is 0 Å². The first-order chi connectivity index (χ1) is 15.1. The number of sulfone groups is 1. The van der Waals surface area contributed by atoms with E-state index >= 15 is 0 Å². The number of halogens is 1. The number of rotatable bonds is 6. The zero-order valence-corrected chi connectivity index (χ0v) is 19.7. The molecule has 0 saturated carbocycles. The van der Waals surface area contributed by atoms with E-state index in [0.717, 1.165) is 5.56 Å². The number of allylic oxidation sites excluding steroid dienone is 1. The van der Waals surface area contributed by atoms with Crippen LogP contribution in [0.2, 0.25) is 5.02 Å². The van der Waals surface area contributed by atoms with Gasteiger partial charge in [-0.25, -0.2) is 8.42 Å². The molecule has 0 radical (unpaired) electrons. The lowest BCUT2D eigenvalue weighted by atomic mass is 9.87. The third kappa shape index (κ3) is 5.79. The number of ether oxygens (including phenoxy) is 1. The molecule has 0 atom stereocenters. The Morgan fingerprint density at radius 2 is 1.69 bits per heavy atom. The van der Waals surface area contributed by atoms with Gasteiger partial charge in [0.25, 0.3) is 0 Å². The molecule has 0 aromatic heterocycles. The Bertz CT molecular complexity index is 1260. The van der Waals surface area contributed by atoms with Crippen molar-refractivity contribution in [2.45, 2.75) is 37.7 Å². The molecule has 0 spiro atoms. The number of nitriles is 1. The maximum Gasteiger partial charge on any atom is 0.216 e. The van der Waals surface area contributed by atoms with Crippen LogP contribution in [-0.2, 0) is 21.9 Å². The monoisotopic (exact) mass is 465 g/mol. The number of benzene rings is 3. The van der Waals surface area contributed by atoms with Crippen LogP contribution in [0, 0.1) is 11.3 Å². The van der Waals surface area contributed by atoms with Crippen molar-refractivity contribution in [2.24, 2.45) is 0 Å². The highest BCUT2D eigenvalue weighted by atomic mass is 35.5. The maximum atomic E-state index is 12.8. The Morgan fingerprint density at radius 3 is 2.28 bits per heavy atom. The van der Waals surface area contributed by atoms with Crippen molar-refractivity contribution >= 4 is 27.5 Å². The van der Waals surface area contributed by atoms with Gasteiger partial charge in [-0.15, -0.1) is 0 Å². The molecule has 32 heavy (non-hydrogen) atoms. The summed E-state index contributed by atoms with van der Waals surface area (Å²) in [5, 5.41) is 9.91. The highest BCUT2D eigenvalue weighted by Crippen LogP contribution is 2.25. The molecule has 0 aliphatic heterocycles. The fourth-order valence-electron chi connectivity index (χ4n) is 3.02.